The van der Waals surface area contributed by atoms with Gasteiger partial charge in [0.15, 0.2) is 5.82 Å². The number of H-pyrrole nitrogens is 1. The van der Waals surface area contributed by atoms with Crippen LogP contribution < -0.4 is 5.56 Å². The molecule has 1 N–H and O–H groups in total. The van der Waals surface area contributed by atoms with Crippen LogP contribution in [0.5, 0.6) is 0 Å². The molecule has 2 aliphatic heterocycles. The number of aromatic nitrogens is 5. The molecule has 0 bridgehead atoms. The summed E-state index contributed by atoms with van der Waals surface area (Å²) in [5.74, 6) is 1.42. The Labute approximate surface area is 188 Å². The molecule has 2 aromatic heterocycles. The minimum absolute atomic E-state index is 0.0722. The van der Waals surface area contributed by atoms with Gasteiger partial charge in [-0.1, -0.05) is 19.9 Å². The van der Waals surface area contributed by atoms with Crippen molar-refractivity contribution in [3.63, 3.8) is 0 Å². The van der Waals surface area contributed by atoms with Crippen LogP contribution in [0.1, 0.15) is 62.5 Å². The second kappa shape index (κ2) is 9.11. The maximum atomic E-state index is 13.3. The smallest absolute Gasteiger partial charge is 0.253 e. The van der Waals surface area contributed by atoms with Gasteiger partial charge in [0.25, 0.3) is 5.56 Å². The summed E-state index contributed by atoms with van der Waals surface area (Å²) >= 11 is 0. The molecule has 2 fully saturated rings. The third kappa shape index (κ3) is 4.21. The van der Waals surface area contributed by atoms with Gasteiger partial charge >= 0.3 is 0 Å². The van der Waals surface area contributed by atoms with Crippen LogP contribution in [0, 0.1) is 5.92 Å². The van der Waals surface area contributed by atoms with Gasteiger partial charge in [0.05, 0.1) is 12.6 Å². The van der Waals surface area contributed by atoms with Crippen molar-refractivity contribution in [2.24, 2.45) is 5.92 Å². The Morgan fingerprint density at radius 3 is 2.81 bits per heavy atom. The van der Waals surface area contributed by atoms with E-state index in [2.05, 4.69) is 51.4 Å². The number of rotatable bonds is 6. The van der Waals surface area contributed by atoms with E-state index in [1.54, 1.807) is 0 Å². The third-order valence-electron chi connectivity index (χ3n) is 7.03. The Kier molecular flexibility index (Phi) is 6.06. The first-order valence-electron chi connectivity index (χ1n) is 11.9. The van der Waals surface area contributed by atoms with E-state index in [0.29, 0.717) is 18.0 Å². The number of benzene rings is 1. The van der Waals surface area contributed by atoms with Crippen LogP contribution in [0.3, 0.4) is 0 Å². The molecular weight excluding hydrogens is 404 g/mol. The van der Waals surface area contributed by atoms with Gasteiger partial charge in [0.1, 0.15) is 6.04 Å². The number of fused-ring (bicyclic) bond motifs is 1. The minimum Gasteiger partial charge on any atom is -0.376 e. The molecule has 2 saturated heterocycles. The second-order valence-electron chi connectivity index (χ2n) is 9.30. The molecule has 0 amide bonds. The summed E-state index contributed by atoms with van der Waals surface area (Å²) in [6, 6.07) is 8.00. The van der Waals surface area contributed by atoms with Crippen molar-refractivity contribution in [2.45, 2.75) is 64.6 Å². The maximum absolute atomic E-state index is 13.3. The summed E-state index contributed by atoms with van der Waals surface area (Å²) in [6.45, 7) is 7.69. The fourth-order valence-electron chi connectivity index (χ4n) is 5.00. The highest BCUT2D eigenvalue weighted by Crippen LogP contribution is 2.31. The van der Waals surface area contributed by atoms with Gasteiger partial charge in [-0.05, 0) is 90.7 Å². The van der Waals surface area contributed by atoms with Crippen molar-refractivity contribution >= 4 is 10.9 Å². The predicted molar refractivity (Wildman–Crippen MR) is 123 cm³/mol. The zero-order chi connectivity index (χ0) is 22.1. The van der Waals surface area contributed by atoms with Crippen LogP contribution in [-0.2, 0) is 17.7 Å². The number of hydrogen-bond acceptors (Lipinski definition) is 6. The van der Waals surface area contributed by atoms with E-state index in [0.717, 1.165) is 68.5 Å². The van der Waals surface area contributed by atoms with Gasteiger partial charge in [0, 0.05) is 17.7 Å². The lowest BCUT2D eigenvalue weighted by molar-refractivity contribution is 0.0894. The second-order valence-corrected chi connectivity index (χ2v) is 9.30. The van der Waals surface area contributed by atoms with E-state index in [1.165, 1.54) is 5.56 Å². The summed E-state index contributed by atoms with van der Waals surface area (Å²) in [6.07, 6.45) is 5.38. The number of aryl methyl sites for hydroxylation is 1. The van der Waals surface area contributed by atoms with E-state index in [1.807, 2.05) is 16.8 Å². The zero-order valence-electron chi connectivity index (χ0n) is 19.0. The van der Waals surface area contributed by atoms with Crippen LogP contribution in [0.25, 0.3) is 10.9 Å². The quantitative estimate of drug-likeness (QED) is 0.639. The highest BCUT2D eigenvalue weighted by Gasteiger charge is 2.33. The molecule has 0 radical (unpaired) electrons. The Morgan fingerprint density at radius 2 is 2.06 bits per heavy atom. The molecule has 0 unspecified atom stereocenters. The topological polar surface area (TPSA) is 88.9 Å². The van der Waals surface area contributed by atoms with E-state index in [9.17, 15) is 4.79 Å². The molecule has 5 rings (SSSR count). The van der Waals surface area contributed by atoms with E-state index < -0.39 is 0 Å². The summed E-state index contributed by atoms with van der Waals surface area (Å²) in [7, 11) is 0. The van der Waals surface area contributed by atoms with Crippen LogP contribution >= 0.6 is 0 Å². The molecule has 2 aliphatic rings. The van der Waals surface area contributed by atoms with Gasteiger partial charge in [-0.25, -0.2) is 4.68 Å². The lowest BCUT2D eigenvalue weighted by Crippen LogP contribution is -2.40. The first-order valence-corrected chi connectivity index (χ1v) is 11.9. The number of hydrogen-bond donors (Lipinski definition) is 1. The molecule has 8 heteroatoms. The normalized spacial score (nSPS) is 21.4. The lowest BCUT2D eigenvalue weighted by Gasteiger charge is -2.36. The highest BCUT2D eigenvalue weighted by atomic mass is 16.5. The van der Waals surface area contributed by atoms with Crippen molar-refractivity contribution in [1.82, 2.24) is 30.1 Å². The van der Waals surface area contributed by atoms with Crippen molar-refractivity contribution in [1.29, 1.82) is 0 Å². The van der Waals surface area contributed by atoms with Crippen LogP contribution in [-0.4, -0.2) is 55.9 Å². The van der Waals surface area contributed by atoms with Gasteiger partial charge in [0.2, 0.25) is 0 Å². The number of ether oxygens (including phenoxy) is 1. The summed E-state index contributed by atoms with van der Waals surface area (Å²) in [4.78, 5) is 18.8. The van der Waals surface area contributed by atoms with E-state index >= 15 is 0 Å². The molecular formula is C24H32N6O2. The maximum Gasteiger partial charge on any atom is 0.253 e. The van der Waals surface area contributed by atoms with Crippen LogP contribution in [0.15, 0.2) is 29.1 Å². The predicted octanol–water partition coefficient (Wildman–Crippen LogP) is 3.08. The Balaban J connectivity index is 1.59. The van der Waals surface area contributed by atoms with Gasteiger partial charge in [-0.3, -0.25) is 9.69 Å². The number of tetrazole rings is 1. The molecule has 0 aliphatic carbocycles. The van der Waals surface area contributed by atoms with Crippen molar-refractivity contribution < 1.29 is 4.74 Å². The SMILES string of the molecule is CCc1ccc2[nH]c(=O)c([C@@H](c3nnnn3C[C@@H]3CCCO3)N3CCC(C)CC3)cc2c1. The van der Waals surface area contributed by atoms with Crippen LogP contribution in [0.4, 0.5) is 0 Å². The van der Waals surface area contributed by atoms with E-state index in [-0.39, 0.29) is 17.7 Å². The summed E-state index contributed by atoms with van der Waals surface area (Å²) in [5.41, 5.74) is 2.75. The summed E-state index contributed by atoms with van der Waals surface area (Å²) in [5, 5.41) is 13.8. The monoisotopic (exact) mass is 436 g/mol. The van der Waals surface area contributed by atoms with Gasteiger partial charge < -0.3 is 9.72 Å². The highest BCUT2D eigenvalue weighted by molar-refractivity contribution is 5.80. The van der Waals surface area contributed by atoms with Crippen molar-refractivity contribution in [2.75, 3.05) is 19.7 Å². The third-order valence-corrected chi connectivity index (χ3v) is 7.03. The van der Waals surface area contributed by atoms with Gasteiger partial charge in [-0.2, -0.15) is 0 Å². The Bertz CT molecular complexity index is 1120. The number of piperidine rings is 1. The van der Waals surface area contributed by atoms with Crippen molar-refractivity contribution in [3.8, 4) is 0 Å². The lowest BCUT2D eigenvalue weighted by atomic mass is 9.95. The molecule has 8 nitrogen and oxygen atoms in total. The van der Waals surface area contributed by atoms with Crippen LogP contribution in [0.2, 0.25) is 0 Å². The summed E-state index contributed by atoms with van der Waals surface area (Å²) < 4.78 is 7.69. The average Bonchev–Trinajstić information content (AvgIpc) is 3.48. The number of nitrogens with zero attached hydrogens (tertiary/aromatic N) is 5. The fraction of sp³-hybridized carbons (Fsp3) is 0.583. The fourth-order valence-corrected chi connectivity index (χ4v) is 5.00. The number of pyridine rings is 1. The molecule has 1 aromatic carbocycles. The number of aromatic amines is 1. The first kappa shape index (κ1) is 21.3. The first-order chi connectivity index (χ1) is 15.6. The molecule has 2 atom stereocenters. The number of likely N-dealkylation sites (tertiary alicyclic amines) is 1. The molecule has 4 heterocycles. The minimum atomic E-state index is -0.280. The zero-order valence-corrected chi connectivity index (χ0v) is 19.0. The standard InChI is InChI=1S/C24H32N6O2/c1-3-17-6-7-21-18(13-17)14-20(24(31)25-21)22(29-10-8-16(2)9-11-29)23-26-27-28-30(23)15-19-5-4-12-32-19/h6-7,13-14,16,19,22H,3-5,8-12,15H2,1-2H3,(H,25,31)/t19-,22-/m0/s1. The van der Waals surface area contributed by atoms with Crippen molar-refractivity contribution in [3.05, 3.63) is 51.6 Å². The Morgan fingerprint density at radius 1 is 1.22 bits per heavy atom. The van der Waals surface area contributed by atoms with Gasteiger partial charge in [-0.15, -0.1) is 5.10 Å². The number of nitrogens with one attached hydrogen (secondary N) is 1. The molecule has 3 aromatic rings. The Hall–Kier alpha value is -2.58. The largest absolute Gasteiger partial charge is 0.376 e. The average molecular weight is 437 g/mol. The van der Waals surface area contributed by atoms with E-state index in [4.69, 9.17) is 4.74 Å². The molecule has 0 saturated carbocycles. The molecule has 32 heavy (non-hydrogen) atoms. The molecule has 0 spiro atoms. The molecule has 170 valence electrons.